The Kier molecular flexibility index (Phi) is 6.86. The minimum absolute atomic E-state index is 0.0940. The number of nitrogens with zero attached hydrogens (tertiary/aromatic N) is 3. The number of oxazole rings is 1. The van der Waals surface area contributed by atoms with Gasteiger partial charge >= 0.3 is 6.09 Å². The summed E-state index contributed by atoms with van der Waals surface area (Å²) in [4.78, 5) is 44.9. The van der Waals surface area contributed by atoms with E-state index in [1.54, 1.807) is 35.8 Å². The zero-order valence-corrected chi connectivity index (χ0v) is 20.1. The number of carbonyl (C=O) groups is 3. The van der Waals surface area contributed by atoms with Gasteiger partial charge in [-0.2, -0.15) is 0 Å². The second-order valence-corrected chi connectivity index (χ2v) is 8.67. The minimum Gasteiger partial charge on any atom is -0.447 e. The molecule has 0 bridgehead atoms. The van der Waals surface area contributed by atoms with Gasteiger partial charge in [-0.15, -0.1) is 0 Å². The molecule has 4 rings (SSSR count). The Morgan fingerprint density at radius 2 is 1.83 bits per heavy atom. The Morgan fingerprint density at radius 3 is 2.46 bits per heavy atom. The lowest BCUT2D eigenvalue weighted by atomic mass is 9.99. The van der Waals surface area contributed by atoms with Crippen molar-refractivity contribution in [3.8, 4) is 11.1 Å². The highest BCUT2D eigenvalue weighted by Crippen LogP contribution is 2.39. The summed E-state index contributed by atoms with van der Waals surface area (Å²) in [6, 6.07) is 12.6. The average molecular weight is 477 g/mol. The molecule has 1 aliphatic heterocycles. The van der Waals surface area contributed by atoms with E-state index in [0.29, 0.717) is 29.4 Å². The first-order valence-electron chi connectivity index (χ1n) is 11.4. The molecule has 182 valence electrons. The van der Waals surface area contributed by atoms with Crippen molar-refractivity contribution in [3.05, 3.63) is 66.4 Å². The van der Waals surface area contributed by atoms with Gasteiger partial charge < -0.3 is 19.4 Å². The van der Waals surface area contributed by atoms with Gasteiger partial charge in [0.25, 0.3) is 5.91 Å². The number of hydrogen-bond donors (Lipinski definition) is 1. The fourth-order valence-electron chi connectivity index (χ4n) is 4.13. The van der Waals surface area contributed by atoms with Crippen molar-refractivity contribution in [2.45, 2.75) is 46.4 Å². The molecular weight excluding hydrogens is 448 g/mol. The quantitative estimate of drug-likeness (QED) is 0.586. The highest BCUT2D eigenvalue weighted by atomic mass is 16.6. The molecule has 35 heavy (non-hydrogen) atoms. The standard InChI is InChI=1S/C26H28N4O5/c1-16(2)35-26(33)29-15-17(3)30(18(4)31)22-10-9-21(13-23(22)29)19-5-7-20(8-6-19)25(32)28-14-24-27-11-12-34-24/h5-13,16-17H,14-15H2,1-4H3,(H,28,32). The molecule has 3 amide bonds. The van der Waals surface area contributed by atoms with Crippen LogP contribution in [0.3, 0.4) is 0 Å². The first-order chi connectivity index (χ1) is 16.7. The molecule has 1 aliphatic rings. The number of ether oxygens (including phenoxy) is 1. The monoisotopic (exact) mass is 476 g/mol. The van der Waals surface area contributed by atoms with Gasteiger partial charge in [0.1, 0.15) is 6.26 Å². The van der Waals surface area contributed by atoms with Gasteiger partial charge in [0, 0.05) is 19.0 Å². The van der Waals surface area contributed by atoms with E-state index in [9.17, 15) is 14.4 Å². The summed E-state index contributed by atoms with van der Waals surface area (Å²) >= 11 is 0. The molecule has 0 spiro atoms. The lowest BCUT2D eigenvalue weighted by Crippen LogP contribution is -2.51. The van der Waals surface area contributed by atoms with Crippen molar-refractivity contribution < 1.29 is 23.5 Å². The Bertz CT molecular complexity index is 1220. The summed E-state index contributed by atoms with van der Waals surface area (Å²) in [5, 5.41) is 2.76. The van der Waals surface area contributed by atoms with Crippen molar-refractivity contribution in [1.82, 2.24) is 10.3 Å². The maximum absolute atomic E-state index is 12.9. The SMILES string of the molecule is CC(=O)N1c2ccc(-c3ccc(C(=O)NCc4ncco4)cc3)cc2N(C(=O)OC(C)C)CC1C. The molecule has 1 unspecified atom stereocenters. The van der Waals surface area contributed by atoms with Gasteiger partial charge in [0.2, 0.25) is 11.8 Å². The van der Waals surface area contributed by atoms with Crippen LogP contribution in [0.2, 0.25) is 0 Å². The van der Waals surface area contributed by atoms with Crippen LogP contribution in [0.1, 0.15) is 43.9 Å². The largest absolute Gasteiger partial charge is 0.447 e. The van der Waals surface area contributed by atoms with E-state index < -0.39 is 6.09 Å². The molecule has 3 aromatic rings. The zero-order valence-electron chi connectivity index (χ0n) is 20.1. The van der Waals surface area contributed by atoms with E-state index in [-0.39, 0.29) is 30.5 Å². The normalized spacial score (nSPS) is 15.1. The zero-order chi connectivity index (χ0) is 25.1. The van der Waals surface area contributed by atoms with Gasteiger partial charge in [-0.3, -0.25) is 14.5 Å². The van der Waals surface area contributed by atoms with Crippen molar-refractivity contribution in [2.75, 3.05) is 16.3 Å². The molecule has 9 heteroatoms. The van der Waals surface area contributed by atoms with Crippen LogP contribution in [0.5, 0.6) is 0 Å². The third kappa shape index (κ3) is 5.18. The predicted molar refractivity (Wildman–Crippen MR) is 131 cm³/mol. The van der Waals surface area contributed by atoms with E-state index in [2.05, 4.69) is 10.3 Å². The summed E-state index contributed by atoms with van der Waals surface area (Å²) < 4.78 is 10.6. The second kappa shape index (κ2) is 10.0. The lowest BCUT2D eigenvalue weighted by molar-refractivity contribution is -0.117. The Morgan fingerprint density at radius 1 is 1.11 bits per heavy atom. The minimum atomic E-state index is -0.452. The van der Waals surface area contributed by atoms with Crippen LogP contribution in [0.4, 0.5) is 16.2 Å². The van der Waals surface area contributed by atoms with Crippen molar-refractivity contribution in [1.29, 1.82) is 0 Å². The van der Waals surface area contributed by atoms with E-state index in [1.807, 2.05) is 37.3 Å². The highest BCUT2D eigenvalue weighted by Gasteiger charge is 2.34. The van der Waals surface area contributed by atoms with Gasteiger partial charge in [0.05, 0.1) is 36.3 Å². The molecule has 0 saturated heterocycles. The Balaban J connectivity index is 1.60. The maximum Gasteiger partial charge on any atom is 0.414 e. The van der Waals surface area contributed by atoms with Crippen molar-refractivity contribution >= 4 is 29.3 Å². The van der Waals surface area contributed by atoms with Gasteiger partial charge in [0.15, 0.2) is 0 Å². The first-order valence-corrected chi connectivity index (χ1v) is 11.4. The molecule has 0 saturated carbocycles. The summed E-state index contributed by atoms with van der Waals surface area (Å²) in [6.45, 7) is 7.54. The summed E-state index contributed by atoms with van der Waals surface area (Å²) in [6.07, 6.45) is 2.26. The van der Waals surface area contributed by atoms with Gasteiger partial charge in [-0.25, -0.2) is 9.78 Å². The number of anilines is 2. The summed E-state index contributed by atoms with van der Waals surface area (Å²) in [5.41, 5.74) is 3.47. The number of hydrogen-bond acceptors (Lipinski definition) is 6. The third-order valence-electron chi connectivity index (χ3n) is 5.67. The number of aromatic nitrogens is 1. The smallest absolute Gasteiger partial charge is 0.414 e. The van der Waals surface area contributed by atoms with E-state index in [4.69, 9.17) is 9.15 Å². The number of benzene rings is 2. The molecule has 9 nitrogen and oxygen atoms in total. The third-order valence-corrected chi connectivity index (χ3v) is 5.67. The summed E-state index contributed by atoms with van der Waals surface area (Å²) in [5.74, 6) is 0.0934. The molecule has 1 N–H and O–H groups in total. The van der Waals surface area contributed by atoms with Crippen molar-refractivity contribution in [3.63, 3.8) is 0 Å². The summed E-state index contributed by atoms with van der Waals surface area (Å²) in [7, 11) is 0. The number of amides is 3. The number of nitrogens with one attached hydrogen (secondary N) is 1. The van der Waals surface area contributed by atoms with Crippen LogP contribution in [0.15, 0.2) is 59.3 Å². The number of rotatable bonds is 5. The topological polar surface area (TPSA) is 105 Å². The molecule has 0 fully saturated rings. The number of fused-ring (bicyclic) bond motifs is 1. The van der Waals surface area contributed by atoms with Gasteiger partial charge in [-0.05, 0) is 56.2 Å². The lowest BCUT2D eigenvalue weighted by Gasteiger charge is -2.40. The highest BCUT2D eigenvalue weighted by molar-refractivity contribution is 6.03. The molecule has 1 atom stereocenters. The first kappa shape index (κ1) is 24.0. The molecular formula is C26H28N4O5. The van der Waals surface area contributed by atoms with E-state index in [0.717, 1.165) is 11.1 Å². The fourth-order valence-corrected chi connectivity index (χ4v) is 4.13. The van der Waals surface area contributed by atoms with Crippen LogP contribution in [0.25, 0.3) is 11.1 Å². The maximum atomic E-state index is 12.9. The van der Waals surface area contributed by atoms with Crippen LogP contribution >= 0.6 is 0 Å². The van der Waals surface area contributed by atoms with Crippen LogP contribution in [-0.4, -0.2) is 41.6 Å². The van der Waals surface area contributed by atoms with Crippen LogP contribution < -0.4 is 15.1 Å². The average Bonchev–Trinajstić information content (AvgIpc) is 3.35. The molecule has 1 aromatic heterocycles. The number of carbonyl (C=O) groups excluding carboxylic acids is 3. The van der Waals surface area contributed by atoms with Gasteiger partial charge in [-0.1, -0.05) is 18.2 Å². The predicted octanol–water partition coefficient (Wildman–Crippen LogP) is 4.38. The van der Waals surface area contributed by atoms with Crippen LogP contribution in [0, 0.1) is 0 Å². The second-order valence-electron chi connectivity index (χ2n) is 8.67. The molecule has 2 heterocycles. The Labute approximate surface area is 203 Å². The molecule has 0 radical (unpaired) electrons. The molecule has 0 aliphatic carbocycles. The Hall–Kier alpha value is -4.14. The fraction of sp³-hybridized carbons (Fsp3) is 0.308. The van der Waals surface area contributed by atoms with E-state index in [1.165, 1.54) is 19.4 Å². The van der Waals surface area contributed by atoms with Crippen LogP contribution in [-0.2, 0) is 16.1 Å². The van der Waals surface area contributed by atoms with Crippen molar-refractivity contribution in [2.24, 2.45) is 0 Å². The van der Waals surface area contributed by atoms with E-state index >= 15 is 0 Å². The molecule has 2 aromatic carbocycles.